The van der Waals surface area contributed by atoms with E-state index in [0.29, 0.717) is 41.2 Å². The van der Waals surface area contributed by atoms with Gasteiger partial charge in [0.15, 0.2) is 17.1 Å². The third kappa shape index (κ3) is 3.83. The SMILES string of the molecule is COc1cccc(CN2C(=O)c3cc4occc4n3C[C@]2(C)C(=O)N[C@@H]2CCC[C@H](C)[C@H]2C)c1OC. The molecular formula is C28H35N3O5. The van der Waals surface area contributed by atoms with Crippen molar-refractivity contribution in [2.75, 3.05) is 14.2 Å². The van der Waals surface area contributed by atoms with Crippen molar-refractivity contribution < 1.29 is 23.5 Å². The number of hydrogen-bond acceptors (Lipinski definition) is 5. The summed E-state index contributed by atoms with van der Waals surface area (Å²) in [4.78, 5) is 29.7. The first-order chi connectivity index (χ1) is 17.3. The molecule has 1 aliphatic carbocycles. The average molecular weight is 494 g/mol. The summed E-state index contributed by atoms with van der Waals surface area (Å²) in [6, 6.07) is 9.27. The van der Waals surface area contributed by atoms with Crippen LogP contribution in [0.15, 0.2) is 41.0 Å². The molecule has 0 radical (unpaired) electrons. The van der Waals surface area contributed by atoms with Gasteiger partial charge in [-0.1, -0.05) is 38.8 Å². The quantitative estimate of drug-likeness (QED) is 0.542. The summed E-state index contributed by atoms with van der Waals surface area (Å²) in [7, 11) is 3.16. The summed E-state index contributed by atoms with van der Waals surface area (Å²) < 4.78 is 18.6. The highest BCUT2D eigenvalue weighted by atomic mass is 16.5. The van der Waals surface area contributed by atoms with E-state index in [0.717, 1.165) is 23.9 Å². The Morgan fingerprint density at radius 3 is 2.75 bits per heavy atom. The summed E-state index contributed by atoms with van der Waals surface area (Å²) in [6.45, 7) is 6.84. The molecule has 3 heterocycles. The Balaban J connectivity index is 1.55. The third-order valence-electron chi connectivity index (χ3n) is 8.37. The third-order valence-corrected chi connectivity index (χ3v) is 8.37. The molecule has 8 nitrogen and oxygen atoms in total. The lowest BCUT2D eigenvalue weighted by molar-refractivity contribution is -0.134. The van der Waals surface area contributed by atoms with Gasteiger partial charge in [0.05, 0.1) is 39.1 Å². The second kappa shape index (κ2) is 9.22. The van der Waals surface area contributed by atoms with E-state index in [1.54, 1.807) is 31.4 Å². The Morgan fingerprint density at radius 1 is 1.19 bits per heavy atom. The van der Waals surface area contributed by atoms with E-state index in [4.69, 9.17) is 13.9 Å². The molecule has 4 atom stereocenters. The van der Waals surface area contributed by atoms with E-state index in [1.807, 2.05) is 35.8 Å². The van der Waals surface area contributed by atoms with Crippen LogP contribution in [0.5, 0.6) is 11.5 Å². The Kier molecular flexibility index (Phi) is 6.22. The first-order valence-corrected chi connectivity index (χ1v) is 12.7. The van der Waals surface area contributed by atoms with Gasteiger partial charge in [-0.25, -0.2) is 0 Å². The van der Waals surface area contributed by atoms with Gasteiger partial charge >= 0.3 is 0 Å². The van der Waals surface area contributed by atoms with Gasteiger partial charge in [0.1, 0.15) is 11.2 Å². The van der Waals surface area contributed by atoms with Gasteiger partial charge in [-0.3, -0.25) is 9.59 Å². The average Bonchev–Trinajstić information content (AvgIpc) is 3.46. The fourth-order valence-electron chi connectivity index (χ4n) is 5.88. The standard InChI is InChI=1S/C28H35N3O5/c1-17-8-6-10-20(18(17)2)29-27(33)28(3)16-30-21-12-13-36-24(21)14-22(30)26(32)31(28)15-19-9-7-11-23(34-4)25(19)35-5/h7,9,11-14,17-18,20H,6,8,10,15-16H2,1-5H3,(H,29,33)/t17-,18+,20+,28+/m0/s1. The number of aromatic nitrogens is 1. The molecule has 0 spiro atoms. The smallest absolute Gasteiger partial charge is 0.271 e. The van der Waals surface area contributed by atoms with Crippen LogP contribution in [0.1, 0.15) is 56.1 Å². The first kappa shape index (κ1) is 24.3. The van der Waals surface area contributed by atoms with Crippen molar-refractivity contribution in [1.82, 2.24) is 14.8 Å². The molecule has 192 valence electrons. The van der Waals surface area contributed by atoms with Gasteiger partial charge in [-0.2, -0.15) is 0 Å². The van der Waals surface area contributed by atoms with Crippen molar-refractivity contribution in [2.45, 2.75) is 64.7 Å². The minimum Gasteiger partial charge on any atom is -0.493 e. The zero-order valence-corrected chi connectivity index (χ0v) is 21.7. The van der Waals surface area contributed by atoms with Crippen LogP contribution in [0.3, 0.4) is 0 Å². The first-order valence-electron chi connectivity index (χ1n) is 12.7. The maximum absolute atomic E-state index is 14.1. The number of carbonyl (C=O) groups is 2. The molecule has 3 aromatic rings. The van der Waals surface area contributed by atoms with Gasteiger partial charge in [0.2, 0.25) is 5.91 Å². The van der Waals surface area contributed by atoms with E-state index in [2.05, 4.69) is 19.2 Å². The van der Waals surface area contributed by atoms with Gasteiger partial charge in [0.25, 0.3) is 5.91 Å². The minimum absolute atomic E-state index is 0.0846. The number of ether oxygens (including phenoxy) is 2. The predicted molar refractivity (Wildman–Crippen MR) is 136 cm³/mol. The Hall–Kier alpha value is -3.42. The molecule has 0 unspecified atom stereocenters. The van der Waals surface area contributed by atoms with Crippen LogP contribution in [0, 0.1) is 11.8 Å². The molecule has 1 N–H and O–H groups in total. The number of para-hydroxylation sites is 1. The van der Waals surface area contributed by atoms with Crippen LogP contribution >= 0.6 is 0 Å². The number of furan rings is 1. The number of benzene rings is 1. The topological polar surface area (TPSA) is 85.9 Å². The normalized spacial score (nSPS) is 26.1. The number of fused-ring (bicyclic) bond motifs is 3. The summed E-state index contributed by atoms with van der Waals surface area (Å²) in [5.41, 5.74) is 1.61. The van der Waals surface area contributed by atoms with Crippen LogP contribution in [0.25, 0.3) is 11.1 Å². The molecule has 1 aliphatic heterocycles. The Labute approximate surface area is 211 Å². The lowest BCUT2D eigenvalue weighted by Gasteiger charge is -2.45. The number of amides is 2. The van der Waals surface area contributed by atoms with Crippen molar-refractivity contribution in [2.24, 2.45) is 11.8 Å². The van der Waals surface area contributed by atoms with Gasteiger partial charge in [-0.05, 0) is 31.2 Å². The predicted octanol–water partition coefficient (Wildman–Crippen LogP) is 4.61. The maximum atomic E-state index is 14.1. The van der Waals surface area contributed by atoms with Crippen LogP contribution in [-0.2, 0) is 17.9 Å². The van der Waals surface area contributed by atoms with Crippen LogP contribution in [0.2, 0.25) is 0 Å². The van der Waals surface area contributed by atoms with Crippen molar-refractivity contribution in [3.63, 3.8) is 0 Å². The molecule has 2 amide bonds. The van der Waals surface area contributed by atoms with Crippen LogP contribution in [-0.4, -0.2) is 47.1 Å². The molecule has 1 aromatic carbocycles. The second-order valence-corrected chi connectivity index (χ2v) is 10.5. The van der Waals surface area contributed by atoms with E-state index < -0.39 is 5.54 Å². The Morgan fingerprint density at radius 2 is 2.00 bits per heavy atom. The number of nitrogens with one attached hydrogen (secondary N) is 1. The molecule has 1 saturated carbocycles. The monoisotopic (exact) mass is 493 g/mol. The van der Waals surface area contributed by atoms with Gasteiger partial charge in [0, 0.05) is 23.7 Å². The minimum atomic E-state index is -1.12. The van der Waals surface area contributed by atoms with Crippen molar-refractivity contribution in [3.8, 4) is 11.5 Å². The maximum Gasteiger partial charge on any atom is 0.271 e. The zero-order chi connectivity index (χ0) is 25.6. The molecule has 1 fully saturated rings. The van der Waals surface area contributed by atoms with Crippen molar-refractivity contribution in [3.05, 3.63) is 47.9 Å². The molecule has 2 aromatic heterocycles. The fraction of sp³-hybridized carbons (Fsp3) is 0.500. The van der Waals surface area contributed by atoms with Gasteiger partial charge < -0.3 is 28.7 Å². The largest absolute Gasteiger partial charge is 0.493 e. The lowest BCUT2D eigenvalue weighted by atomic mass is 9.77. The molecule has 0 bridgehead atoms. The zero-order valence-electron chi connectivity index (χ0n) is 21.7. The molecule has 0 saturated heterocycles. The lowest BCUT2D eigenvalue weighted by Crippen LogP contribution is -2.65. The molecular weight excluding hydrogens is 458 g/mol. The number of methoxy groups -OCH3 is 2. The fourth-order valence-corrected chi connectivity index (χ4v) is 5.88. The molecule has 36 heavy (non-hydrogen) atoms. The Bertz CT molecular complexity index is 1290. The molecule has 5 rings (SSSR count). The van der Waals surface area contributed by atoms with E-state index in [9.17, 15) is 9.59 Å². The number of carbonyl (C=O) groups excluding carboxylic acids is 2. The number of hydrogen-bond donors (Lipinski definition) is 1. The van der Waals surface area contributed by atoms with Crippen LogP contribution in [0.4, 0.5) is 0 Å². The molecule has 8 heteroatoms. The molecule has 2 aliphatic rings. The second-order valence-electron chi connectivity index (χ2n) is 10.5. The van der Waals surface area contributed by atoms with E-state index in [-0.39, 0.29) is 24.4 Å². The number of rotatable bonds is 6. The summed E-state index contributed by atoms with van der Waals surface area (Å²) in [5.74, 6) is 1.69. The van der Waals surface area contributed by atoms with Crippen molar-refractivity contribution in [1.29, 1.82) is 0 Å². The highest BCUT2D eigenvalue weighted by Gasteiger charge is 2.49. The van der Waals surface area contributed by atoms with Crippen molar-refractivity contribution >= 4 is 22.9 Å². The van der Waals surface area contributed by atoms with E-state index >= 15 is 0 Å². The van der Waals surface area contributed by atoms with E-state index in [1.165, 1.54) is 6.42 Å². The van der Waals surface area contributed by atoms with Crippen LogP contribution < -0.4 is 14.8 Å². The summed E-state index contributed by atoms with van der Waals surface area (Å²) >= 11 is 0. The summed E-state index contributed by atoms with van der Waals surface area (Å²) in [6.07, 6.45) is 4.83. The van der Waals surface area contributed by atoms with Gasteiger partial charge in [-0.15, -0.1) is 0 Å². The highest BCUT2D eigenvalue weighted by molar-refractivity contribution is 6.03. The number of nitrogens with zero attached hydrogens (tertiary/aromatic N) is 2. The highest BCUT2D eigenvalue weighted by Crippen LogP contribution is 2.38. The summed E-state index contributed by atoms with van der Waals surface area (Å²) in [5, 5.41) is 3.34.